The van der Waals surface area contributed by atoms with E-state index in [1.54, 1.807) is 0 Å². The van der Waals surface area contributed by atoms with Gasteiger partial charge in [0.15, 0.2) is 0 Å². The minimum absolute atomic E-state index is 0. The van der Waals surface area contributed by atoms with Gasteiger partial charge >= 0.3 is 0 Å². The fourth-order valence-corrected chi connectivity index (χ4v) is 1.65. The maximum absolute atomic E-state index is 4.22. The van der Waals surface area contributed by atoms with Gasteiger partial charge in [-0.25, -0.2) is 0 Å². The summed E-state index contributed by atoms with van der Waals surface area (Å²) in [7, 11) is 2.12. The molecule has 1 saturated heterocycles. The molecular formula is C7H11BrClN3. The molecule has 0 bridgehead atoms. The van der Waals surface area contributed by atoms with E-state index in [0.29, 0.717) is 6.04 Å². The zero-order valence-electron chi connectivity index (χ0n) is 6.77. The molecule has 0 unspecified atom stereocenters. The van der Waals surface area contributed by atoms with Crippen molar-refractivity contribution >= 4 is 28.3 Å². The summed E-state index contributed by atoms with van der Waals surface area (Å²) in [5, 5.41) is 4.22. The van der Waals surface area contributed by atoms with Gasteiger partial charge in [0.1, 0.15) is 0 Å². The van der Waals surface area contributed by atoms with Gasteiger partial charge in [-0.1, -0.05) is 0 Å². The number of likely N-dealkylation sites (tertiary alicyclic amines) is 1. The quantitative estimate of drug-likeness (QED) is 0.756. The van der Waals surface area contributed by atoms with Crippen molar-refractivity contribution in [3.63, 3.8) is 0 Å². The number of aromatic nitrogens is 2. The number of likely N-dealkylation sites (N-methyl/N-ethyl adjacent to an activating group) is 1. The van der Waals surface area contributed by atoms with Crippen molar-refractivity contribution in [2.75, 3.05) is 20.1 Å². The van der Waals surface area contributed by atoms with Crippen LogP contribution in [0.15, 0.2) is 16.9 Å². The first-order valence-corrected chi connectivity index (χ1v) is 4.43. The van der Waals surface area contributed by atoms with E-state index in [-0.39, 0.29) is 12.4 Å². The highest BCUT2D eigenvalue weighted by Crippen LogP contribution is 2.19. The maximum Gasteiger partial charge on any atom is 0.0773 e. The summed E-state index contributed by atoms with van der Waals surface area (Å²) in [6.45, 7) is 2.24. The highest BCUT2D eigenvalue weighted by Gasteiger charge is 2.24. The molecular weight excluding hydrogens is 241 g/mol. The second-order valence-corrected chi connectivity index (χ2v) is 3.93. The standard InChI is InChI=1S/C7H10BrN3.ClH/c1-10-4-7(5-10)11-3-6(8)2-9-11;/h2-3,7H,4-5H2,1H3;1H. The van der Waals surface area contributed by atoms with Crippen LogP contribution in [0.4, 0.5) is 0 Å². The maximum atomic E-state index is 4.22. The van der Waals surface area contributed by atoms with Gasteiger partial charge in [0.2, 0.25) is 0 Å². The summed E-state index contributed by atoms with van der Waals surface area (Å²) in [5.41, 5.74) is 0. The van der Waals surface area contributed by atoms with Gasteiger partial charge in [0.25, 0.3) is 0 Å². The van der Waals surface area contributed by atoms with Crippen molar-refractivity contribution in [1.82, 2.24) is 14.7 Å². The summed E-state index contributed by atoms with van der Waals surface area (Å²) < 4.78 is 3.08. The highest BCUT2D eigenvalue weighted by atomic mass is 79.9. The lowest BCUT2D eigenvalue weighted by Crippen LogP contribution is -2.45. The minimum atomic E-state index is 0. The van der Waals surface area contributed by atoms with Gasteiger partial charge in [-0.2, -0.15) is 5.10 Å². The van der Waals surface area contributed by atoms with E-state index < -0.39 is 0 Å². The molecule has 0 atom stereocenters. The molecule has 0 amide bonds. The number of nitrogens with zero attached hydrogens (tertiary/aromatic N) is 3. The molecule has 0 aromatic carbocycles. The SMILES string of the molecule is CN1CC(n2cc(Br)cn2)C1.Cl. The highest BCUT2D eigenvalue weighted by molar-refractivity contribution is 9.10. The molecule has 2 rings (SSSR count). The van der Waals surface area contributed by atoms with E-state index in [0.717, 1.165) is 17.6 Å². The lowest BCUT2D eigenvalue weighted by Gasteiger charge is -2.35. The Labute approximate surface area is 86.3 Å². The van der Waals surface area contributed by atoms with Gasteiger partial charge in [-0.05, 0) is 23.0 Å². The molecule has 0 saturated carbocycles. The third kappa shape index (κ3) is 1.81. The summed E-state index contributed by atoms with van der Waals surface area (Å²) in [6, 6.07) is 0.589. The predicted molar refractivity (Wildman–Crippen MR) is 53.7 cm³/mol. The zero-order valence-corrected chi connectivity index (χ0v) is 9.18. The van der Waals surface area contributed by atoms with Crippen LogP contribution in [-0.2, 0) is 0 Å². The first kappa shape index (κ1) is 10.0. The van der Waals surface area contributed by atoms with Crippen molar-refractivity contribution < 1.29 is 0 Å². The van der Waals surface area contributed by atoms with Crippen molar-refractivity contribution in [3.8, 4) is 0 Å². The molecule has 0 spiro atoms. The van der Waals surface area contributed by atoms with Crippen molar-refractivity contribution in [2.24, 2.45) is 0 Å². The van der Waals surface area contributed by atoms with Crippen molar-refractivity contribution in [3.05, 3.63) is 16.9 Å². The van der Waals surface area contributed by atoms with Gasteiger partial charge in [0, 0.05) is 19.3 Å². The van der Waals surface area contributed by atoms with Crippen molar-refractivity contribution in [1.29, 1.82) is 0 Å². The topological polar surface area (TPSA) is 21.1 Å². The third-order valence-corrected chi connectivity index (χ3v) is 2.40. The number of halogens is 2. The Balaban J connectivity index is 0.000000720. The minimum Gasteiger partial charge on any atom is -0.302 e. The fraction of sp³-hybridized carbons (Fsp3) is 0.571. The van der Waals surface area contributed by atoms with E-state index >= 15 is 0 Å². The normalized spacial score (nSPS) is 18.5. The molecule has 0 N–H and O–H groups in total. The Morgan fingerprint density at radius 2 is 2.25 bits per heavy atom. The molecule has 1 aromatic rings. The second kappa shape index (κ2) is 3.77. The lowest BCUT2D eigenvalue weighted by atomic mass is 10.1. The number of hydrogen-bond acceptors (Lipinski definition) is 2. The Hall–Kier alpha value is -0.0600. The van der Waals surface area contributed by atoms with E-state index in [4.69, 9.17) is 0 Å². The van der Waals surface area contributed by atoms with E-state index in [1.807, 2.05) is 17.1 Å². The summed E-state index contributed by atoms with van der Waals surface area (Å²) >= 11 is 3.37. The van der Waals surface area contributed by atoms with Gasteiger partial charge in [0.05, 0.1) is 16.7 Å². The smallest absolute Gasteiger partial charge is 0.0773 e. The van der Waals surface area contributed by atoms with Crippen LogP contribution in [0.2, 0.25) is 0 Å². The Morgan fingerprint density at radius 3 is 2.67 bits per heavy atom. The summed E-state index contributed by atoms with van der Waals surface area (Å²) in [5.74, 6) is 0. The molecule has 1 aromatic heterocycles. The van der Waals surface area contributed by atoms with Gasteiger partial charge in [-0.3, -0.25) is 4.68 Å². The van der Waals surface area contributed by atoms with Crippen LogP contribution < -0.4 is 0 Å². The molecule has 1 fully saturated rings. The third-order valence-electron chi connectivity index (χ3n) is 1.99. The van der Waals surface area contributed by atoms with Crippen LogP contribution in [0.5, 0.6) is 0 Å². The molecule has 2 heterocycles. The van der Waals surface area contributed by atoms with Crippen molar-refractivity contribution in [2.45, 2.75) is 6.04 Å². The largest absolute Gasteiger partial charge is 0.302 e. The Kier molecular flexibility index (Phi) is 3.15. The number of hydrogen-bond donors (Lipinski definition) is 0. The van der Waals surface area contributed by atoms with Gasteiger partial charge in [-0.15, -0.1) is 12.4 Å². The Bertz CT molecular complexity index is 257. The average Bonchev–Trinajstić information content (AvgIpc) is 2.29. The molecule has 5 heteroatoms. The predicted octanol–water partition coefficient (Wildman–Crippen LogP) is 1.55. The molecule has 68 valence electrons. The summed E-state index contributed by atoms with van der Waals surface area (Å²) in [4.78, 5) is 2.28. The summed E-state index contributed by atoms with van der Waals surface area (Å²) in [6.07, 6.45) is 3.86. The van der Waals surface area contributed by atoms with E-state index in [2.05, 4.69) is 33.0 Å². The Morgan fingerprint density at radius 1 is 1.58 bits per heavy atom. The first-order valence-electron chi connectivity index (χ1n) is 3.64. The first-order chi connectivity index (χ1) is 5.25. The fourth-order valence-electron chi connectivity index (χ4n) is 1.35. The van der Waals surface area contributed by atoms with Crippen LogP contribution in [-0.4, -0.2) is 34.8 Å². The van der Waals surface area contributed by atoms with E-state index in [9.17, 15) is 0 Å². The second-order valence-electron chi connectivity index (χ2n) is 3.01. The average molecular weight is 253 g/mol. The van der Waals surface area contributed by atoms with Crippen LogP contribution in [0.1, 0.15) is 6.04 Å². The van der Waals surface area contributed by atoms with Crippen LogP contribution in [0.3, 0.4) is 0 Å². The van der Waals surface area contributed by atoms with Gasteiger partial charge < -0.3 is 4.90 Å². The molecule has 12 heavy (non-hydrogen) atoms. The van der Waals surface area contributed by atoms with E-state index in [1.165, 1.54) is 0 Å². The molecule has 1 aliphatic heterocycles. The molecule has 0 radical (unpaired) electrons. The monoisotopic (exact) mass is 251 g/mol. The molecule has 3 nitrogen and oxygen atoms in total. The van der Waals surface area contributed by atoms with Crippen LogP contribution in [0, 0.1) is 0 Å². The van der Waals surface area contributed by atoms with Crippen LogP contribution >= 0.6 is 28.3 Å². The number of rotatable bonds is 1. The van der Waals surface area contributed by atoms with Crippen LogP contribution in [0.25, 0.3) is 0 Å². The lowest BCUT2D eigenvalue weighted by molar-refractivity contribution is 0.130. The molecule has 0 aliphatic carbocycles. The zero-order chi connectivity index (χ0) is 7.84. The molecule has 1 aliphatic rings.